The van der Waals surface area contributed by atoms with E-state index in [0.29, 0.717) is 6.42 Å². The Kier molecular flexibility index (Phi) is 5.96. The smallest absolute Gasteiger partial charge is 0.305 e. The largest absolute Gasteiger partial charge is 0.481 e. The lowest BCUT2D eigenvalue weighted by atomic mass is 10.1. The number of nitrogens with one attached hydrogen (secondary N) is 1. The molecule has 0 fully saturated rings. The van der Waals surface area contributed by atoms with Gasteiger partial charge >= 0.3 is 5.97 Å². The highest BCUT2D eigenvalue weighted by Crippen LogP contribution is 2.14. The third-order valence-electron chi connectivity index (χ3n) is 2.74. The lowest BCUT2D eigenvalue weighted by Crippen LogP contribution is -2.43. The molecule has 2 atom stereocenters. The monoisotopic (exact) mass is 283 g/mol. The molecule has 2 unspecified atom stereocenters. The third-order valence-corrected chi connectivity index (χ3v) is 2.74. The quantitative estimate of drug-likeness (QED) is 0.802. The average molecular weight is 283 g/mol. The first kappa shape index (κ1) is 15.9. The highest BCUT2D eigenvalue weighted by Gasteiger charge is 2.20. The van der Waals surface area contributed by atoms with E-state index < -0.39 is 29.8 Å². The number of carboxylic acid groups (broad SMARTS) is 1. The standard InChI is InChI=1S/C14H18FNO4/c1-3-11(8-13(17)18)16-14(19)9(2)20-12-6-4-5-10(15)7-12/h4-7,9,11H,3,8H2,1-2H3,(H,16,19)(H,17,18). The Bertz CT molecular complexity index is 478. The fourth-order valence-electron chi connectivity index (χ4n) is 1.62. The Hall–Kier alpha value is -2.11. The molecule has 0 heterocycles. The molecule has 0 radical (unpaired) electrons. The number of carbonyl (C=O) groups is 2. The van der Waals surface area contributed by atoms with Gasteiger partial charge in [0.1, 0.15) is 11.6 Å². The Morgan fingerprint density at radius 2 is 2.15 bits per heavy atom. The second-order valence-corrected chi connectivity index (χ2v) is 4.43. The molecule has 1 amide bonds. The first-order valence-electron chi connectivity index (χ1n) is 6.36. The van der Waals surface area contributed by atoms with Gasteiger partial charge in [-0.1, -0.05) is 13.0 Å². The molecule has 0 aliphatic carbocycles. The van der Waals surface area contributed by atoms with Crippen molar-refractivity contribution in [3.05, 3.63) is 30.1 Å². The number of hydrogen-bond acceptors (Lipinski definition) is 3. The van der Waals surface area contributed by atoms with Crippen LogP contribution in [0.2, 0.25) is 0 Å². The molecular weight excluding hydrogens is 265 g/mol. The van der Waals surface area contributed by atoms with Crippen molar-refractivity contribution in [1.29, 1.82) is 0 Å². The number of amides is 1. The summed E-state index contributed by atoms with van der Waals surface area (Å²) >= 11 is 0. The second-order valence-electron chi connectivity index (χ2n) is 4.43. The number of aliphatic carboxylic acids is 1. The van der Waals surface area contributed by atoms with E-state index in [9.17, 15) is 14.0 Å². The number of carboxylic acids is 1. The van der Waals surface area contributed by atoms with E-state index in [0.717, 1.165) is 0 Å². The summed E-state index contributed by atoms with van der Waals surface area (Å²) in [5.74, 6) is -1.61. The molecule has 0 bridgehead atoms. The van der Waals surface area contributed by atoms with E-state index in [1.807, 2.05) is 0 Å². The average Bonchev–Trinajstić information content (AvgIpc) is 2.37. The first-order chi connectivity index (χ1) is 9.42. The zero-order valence-corrected chi connectivity index (χ0v) is 11.4. The minimum Gasteiger partial charge on any atom is -0.481 e. The summed E-state index contributed by atoms with van der Waals surface area (Å²) in [6.45, 7) is 3.31. The lowest BCUT2D eigenvalue weighted by molar-refractivity contribution is -0.138. The highest BCUT2D eigenvalue weighted by atomic mass is 19.1. The van der Waals surface area contributed by atoms with Gasteiger partial charge in [-0.3, -0.25) is 9.59 Å². The molecule has 0 aliphatic rings. The zero-order chi connectivity index (χ0) is 15.1. The molecule has 0 aliphatic heterocycles. The van der Waals surface area contributed by atoms with Gasteiger partial charge in [0.05, 0.1) is 6.42 Å². The maximum atomic E-state index is 13.0. The normalized spacial score (nSPS) is 13.3. The maximum absolute atomic E-state index is 13.0. The summed E-state index contributed by atoms with van der Waals surface area (Å²) in [7, 11) is 0. The lowest BCUT2D eigenvalue weighted by Gasteiger charge is -2.19. The summed E-state index contributed by atoms with van der Waals surface area (Å²) in [5, 5.41) is 11.3. The third kappa shape index (κ3) is 5.26. The Morgan fingerprint density at radius 3 is 2.70 bits per heavy atom. The van der Waals surface area contributed by atoms with Crippen molar-refractivity contribution in [2.75, 3.05) is 0 Å². The van der Waals surface area contributed by atoms with Gasteiger partial charge in [0.25, 0.3) is 5.91 Å². The molecule has 110 valence electrons. The fraction of sp³-hybridized carbons (Fsp3) is 0.429. The van der Waals surface area contributed by atoms with Crippen molar-refractivity contribution in [3.63, 3.8) is 0 Å². The van der Waals surface area contributed by atoms with Gasteiger partial charge in [0, 0.05) is 12.1 Å². The molecule has 0 spiro atoms. The van der Waals surface area contributed by atoms with Crippen LogP contribution in [0.15, 0.2) is 24.3 Å². The number of rotatable bonds is 7. The van der Waals surface area contributed by atoms with Gasteiger partial charge in [0.2, 0.25) is 0 Å². The SMILES string of the molecule is CCC(CC(=O)O)NC(=O)C(C)Oc1cccc(F)c1. The Morgan fingerprint density at radius 1 is 1.45 bits per heavy atom. The summed E-state index contributed by atoms with van der Waals surface area (Å²) in [6, 6.07) is 5.03. The number of carbonyl (C=O) groups excluding carboxylic acids is 1. The molecule has 1 aromatic rings. The van der Waals surface area contributed by atoms with Crippen LogP contribution in [-0.2, 0) is 9.59 Å². The van der Waals surface area contributed by atoms with E-state index in [1.165, 1.54) is 25.1 Å². The molecule has 1 rings (SSSR count). The van der Waals surface area contributed by atoms with Gasteiger partial charge in [-0.05, 0) is 25.5 Å². The zero-order valence-electron chi connectivity index (χ0n) is 11.4. The number of halogens is 1. The van der Waals surface area contributed by atoms with Crippen molar-refractivity contribution in [2.45, 2.75) is 38.8 Å². The van der Waals surface area contributed by atoms with E-state index in [4.69, 9.17) is 9.84 Å². The summed E-state index contributed by atoms with van der Waals surface area (Å²) in [6.07, 6.45) is -0.473. The van der Waals surface area contributed by atoms with Crippen LogP contribution in [0.25, 0.3) is 0 Å². The van der Waals surface area contributed by atoms with Crippen LogP contribution in [0.5, 0.6) is 5.75 Å². The van der Waals surface area contributed by atoms with E-state index in [2.05, 4.69) is 5.32 Å². The maximum Gasteiger partial charge on any atom is 0.305 e. The predicted molar refractivity (Wildman–Crippen MR) is 71.0 cm³/mol. The number of ether oxygens (including phenoxy) is 1. The van der Waals surface area contributed by atoms with Crippen molar-refractivity contribution >= 4 is 11.9 Å². The van der Waals surface area contributed by atoms with Crippen LogP contribution < -0.4 is 10.1 Å². The van der Waals surface area contributed by atoms with Gasteiger partial charge < -0.3 is 15.2 Å². The molecule has 2 N–H and O–H groups in total. The van der Waals surface area contributed by atoms with Crippen LogP contribution in [0.4, 0.5) is 4.39 Å². The molecule has 20 heavy (non-hydrogen) atoms. The van der Waals surface area contributed by atoms with Crippen LogP contribution in [0, 0.1) is 5.82 Å². The molecular formula is C14H18FNO4. The highest BCUT2D eigenvalue weighted by molar-refractivity contribution is 5.81. The fourth-order valence-corrected chi connectivity index (χ4v) is 1.62. The van der Waals surface area contributed by atoms with E-state index >= 15 is 0 Å². The van der Waals surface area contributed by atoms with E-state index in [1.54, 1.807) is 13.0 Å². The van der Waals surface area contributed by atoms with Gasteiger partial charge in [-0.25, -0.2) is 4.39 Å². The number of benzene rings is 1. The topological polar surface area (TPSA) is 75.6 Å². The minimum atomic E-state index is -0.976. The molecule has 1 aromatic carbocycles. The predicted octanol–water partition coefficient (Wildman–Crippen LogP) is 1.96. The Labute approximate surface area is 116 Å². The van der Waals surface area contributed by atoms with Crippen molar-refractivity contribution < 1.29 is 23.8 Å². The molecule has 0 saturated heterocycles. The molecule has 6 heteroatoms. The minimum absolute atomic E-state index is 0.144. The Balaban J connectivity index is 2.56. The van der Waals surface area contributed by atoms with Gasteiger partial charge in [-0.15, -0.1) is 0 Å². The van der Waals surface area contributed by atoms with Gasteiger partial charge in [-0.2, -0.15) is 0 Å². The van der Waals surface area contributed by atoms with Crippen LogP contribution >= 0.6 is 0 Å². The molecule has 5 nitrogen and oxygen atoms in total. The van der Waals surface area contributed by atoms with Crippen molar-refractivity contribution in [1.82, 2.24) is 5.32 Å². The summed E-state index contributed by atoms with van der Waals surface area (Å²) < 4.78 is 18.3. The van der Waals surface area contributed by atoms with E-state index in [-0.39, 0.29) is 12.2 Å². The first-order valence-corrected chi connectivity index (χ1v) is 6.36. The second kappa shape index (κ2) is 7.47. The van der Waals surface area contributed by atoms with Crippen LogP contribution in [0.1, 0.15) is 26.7 Å². The van der Waals surface area contributed by atoms with Crippen LogP contribution in [0.3, 0.4) is 0 Å². The molecule has 0 saturated carbocycles. The van der Waals surface area contributed by atoms with Crippen LogP contribution in [-0.4, -0.2) is 29.1 Å². The van der Waals surface area contributed by atoms with Crippen molar-refractivity contribution in [3.8, 4) is 5.75 Å². The van der Waals surface area contributed by atoms with Gasteiger partial charge in [0.15, 0.2) is 6.10 Å². The summed E-state index contributed by atoms with van der Waals surface area (Å²) in [5.41, 5.74) is 0. The number of hydrogen-bond donors (Lipinski definition) is 2. The molecule has 0 aromatic heterocycles. The van der Waals surface area contributed by atoms with Crippen molar-refractivity contribution in [2.24, 2.45) is 0 Å². The summed E-state index contributed by atoms with van der Waals surface area (Å²) in [4.78, 5) is 22.5.